The minimum Gasteiger partial charge on any atom is -0.340 e. The third-order valence-electron chi connectivity index (χ3n) is 5.50. The Hall–Kier alpha value is -2.63. The maximum atomic E-state index is 13.3. The van der Waals surface area contributed by atoms with Crippen LogP contribution in [-0.4, -0.2) is 37.1 Å². The van der Waals surface area contributed by atoms with E-state index >= 15 is 0 Å². The predicted molar refractivity (Wildman–Crippen MR) is 106 cm³/mol. The van der Waals surface area contributed by atoms with E-state index in [0.29, 0.717) is 5.56 Å². The maximum Gasteiger partial charge on any atom is 0.257 e. The average molecular weight is 365 g/mol. The smallest absolute Gasteiger partial charge is 0.257 e. The van der Waals surface area contributed by atoms with E-state index in [1.807, 2.05) is 22.6 Å². The number of hydrogen-bond donors (Lipinski definition) is 1. The lowest BCUT2D eigenvalue weighted by molar-refractivity contribution is 0.0600. The molecule has 2 aromatic heterocycles. The first kappa shape index (κ1) is 17.8. The van der Waals surface area contributed by atoms with E-state index in [1.165, 1.54) is 5.56 Å². The molecule has 3 aromatic rings. The first-order valence-electron chi connectivity index (χ1n) is 9.88. The SMILES string of the molecule is CCCn1ncc(C(=O)N2CCCC[C@H]2c2nc3ccc(C)cc3[nH]2)c1C. The van der Waals surface area contributed by atoms with Crippen LogP contribution in [-0.2, 0) is 6.54 Å². The molecule has 1 fully saturated rings. The predicted octanol–water partition coefficient (Wildman–Crippen LogP) is 4.15. The topological polar surface area (TPSA) is 66.8 Å². The van der Waals surface area contributed by atoms with Crippen molar-refractivity contribution in [3.8, 4) is 0 Å². The number of carbonyl (C=O) groups excluding carboxylic acids is 1. The molecule has 0 radical (unpaired) electrons. The Kier molecular flexibility index (Phi) is 4.72. The quantitative estimate of drug-likeness (QED) is 0.755. The van der Waals surface area contributed by atoms with Gasteiger partial charge in [0.2, 0.25) is 0 Å². The highest BCUT2D eigenvalue weighted by Gasteiger charge is 2.32. The van der Waals surface area contributed by atoms with Gasteiger partial charge in [0.1, 0.15) is 5.82 Å². The van der Waals surface area contributed by atoms with Gasteiger partial charge < -0.3 is 9.88 Å². The lowest BCUT2D eigenvalue weighted by Crippen LogP contribution is -2.39. The molecule has 1 aromatic carbocycles. The van der Waals surface area contributed by atoms with Crippen molar-refractivity contribution in [2.24, 2.45) is 0 Å². The van der Waals surface area contributed by atoms with Crippen LogP contribution in [0.4, 0.5) is 0 Å². The molecule has 0 unspecified atom stereocenters. The van der Waals surface area contributed by atoms with Crippen LogP contribution >= 0.6 is 0 Å². The fourth-order valence-electron chi connectivity index (χ4n) is 4.01. The van der Waals surface area contributed by atoms with Crippen molar-refractivity contribution < 1.29 is 4.79 Å². The van der Waals surface area contributed by atoms with Gasteiger partial charge in [0, 0.05) is 18.8 Å². The Morgan fingerprint density at radius 3 is 2.96 bits per heavy atom. The standard InChI is InChI=1S/C21H27N5O/c1-4-10-26-15(3)16(13-22-26)21(27)25-11-6-5-7-19(25)20-23-17-9-8-14(2)12-18(17)24-20/h8-9,12-13,19H,4-7,10-11H2,1-3H3,(H,23,24)/t19-/m0/s1. The highest BCUT2D eigenvalue weighted by atomic mass is 16.2. The number of carbonyl (C=O) groups is 1. The zero-order valence-electron chi connectivity index (χ0n) is 16.3. The summed E-state index contributed by atoms with van der Waals surface area (Å²) >= 11 is 0. The Balaban J connectivity index is 1.66. The molecule has 3 heterocycles. The molecule has 4 rings (SSSR count). The monoisotopic (exact) mass is 365 g/mol. The summed E-state index contributed by atoms with van der Waals surface area (Å²) in [5.74, 6) is 0.957. The van der Waals surface area contributed by atoms with E-state index in [1.54, 1.807) is 6.20 Å². The van der Waals surface area contributed by atoms with Crippen LogP contribution in [0.3, 0.4) is 0 Å². The molecule has 0 aliphatic carbocycles. The van der Waals surface area contributed by atoms with Crippen molar-refractivity contribution in [2.45, 2.75) is 59.0 Å². The Labute approximate surface area is 159 Å². The lowest BCUT2D eigenvalue weighted by atomic mass is 10.0. The minimum atomic E-state index is -0.00659. The number of hydrogen-bond acceptors (Lipinski definition) is 3. The normalized spacial score (nSPS) is 17.6. The summed E-state index contributed by atoms with van der Waals surface area (Å²) in [6.07, 6.45) is 5.80. The molecule has 1 saturated heterocycles. The zero-order chi connectivity index (χ0) is 19.0. The van der Waals surface area contributed by atoms with Gasteiger partial charge >= 0.3 is 0 Å². The van der Waals surface area contributed by atoms with Gasteiger partial charge in [-0.3, -0.25) is 9.48 Å². The number of imidazole rings is 1. The molecule has 1 amide bonds. The fraction of sp³-hybridized carbons (Fsp3) is 0.476. The highest BCUT2D eigenvalue weighted by molar-refractivity contribution is 5.95. The van der Waals surface area contributed by atoms with Crippen molar-refractivity contribution in [3.63, 3.8) is 0 Å². The summed E-state index contributed by atoms with van der Waals surface area (Å²) in [5, 5.41) is 4.41. The van der Waals surface area contributed by atoms with E-state index in [9.17, 15) is 4.79 Å². The van der Waals surface area contributed by atoms with Crippen LogP contribution in [0.2, 0.25) is 0 Å². The third-order valence-corrected chi connectivity index (χ3v) is 5.50. The van der Waals surface area contributed by atoms with E-state index in [-0.39, 0.29) is 11.9 Å². The Morgan fingerprint density at radius 2 is 2.15 bits per heavy atom. The number of aromatic nitrogens is 4. The van der Waals surface area contributed by atoms with Crippen LogP contribution in [0.25, 0.3) is 11.0 Å². The summed E-state index contributed by atoms with van der Waals surface area (Å²) < 4.78 is 1.93. The van der Waals surface area contributed by atoms with E-state index in [2.05, 4.69) is 36.1 Å². The highest BCUT2D eigenvalue weighted by Crippen LogP contribution is 2.32. The van der Waals surface area contributed by atoms with Crippen molar-refractivity contribution >= 4 is 16.9 Å². The molecule has 6 heteroatoms. The van der Waals surface area contributed by atoms with Crippen LogP contribution in [0.5, 0.6) is 0 Å². The first-order chi connectivity index (χ1) is 13.1. The third kappa shape index (κ3) is 3.24. The van der Waals surface area contributed by atoms with Crippen LogP contribution in [0.15, 0.2) is 24.4 Å². The van der Waals surface area contributed by atoms with Crippen molar-refractivity contribution in [3.05, 3.63) is 47.0 Å². The van der Waals surface area contributed by atoms with Gasteiger partial charge in [-0.25, -0.2) is 4.98 Å². The molecule has 27 heavy (non-hydrogen) atoms. The fourth-order valence-corrected chi connectivity index (χ4v) is 4.01. The van der Waals surface area contributed by atoms with E-state index < -0.39 is 0 Å². The van der Waals surface area contributed by atoms with E-state index in [0.717, 1.165) is 61.3 Å². The van der Waals surface area contributed by atoms with Crippen molar-refractivity contribution in [1.29, 1.82) is 0 Å². The van der Waals surface area contributed by atoms with Gasteiger partial charge in [-0.05, 0) is 57.2 Å². The molecule has 0 saturated carbocycles. The molecule has 1 atom stereocenters. The number of H-pyrrole nitrogens is 1. The molecule has 0 spiro atoms. The van der Waals surface area contributed by atoms with Crippen LogP contribution < -0.4 is 0 Å². The molecular weight excluding hydrogens is 338 g/mol. The van der Waals surface area contributed by atoms with Crippen molar-refractivity contribution in [2.75, 3.05) is 6.54 Å². The molecule has 1 aliphatic rings. The number of rotatable bonds is 4. The summed E-state index contributed by atoms with van der Waals surface area (Å²) in [4.78, 5) is 23.5. The molecule has 142 valence electrons. The number of piperidine rings is 1. The molecular formula is C21H27N5O. The summed E-state index contributed by atoms with van der Waals surface area (Å²) in [6.45, 7) is 7.78. The first-order valence-corrected chi connectivity index (χ1v) is 9.88. The van der Waals surface area contributed by atoms with Gasteiger partial charge in [0.15, 0.2) is 0 Å². The molecule has 1 N–H and O–H groups in total. The minimum absolute atomic E-state index is 0.00659. The zero-order valence-corrected chi connectivity index (χ0v) is 16.3. The average Bonchev–Trinajstić information content (AvgIpc) is 3.25. The summed E-state index contributed by atoms with van der Waals surface area (Å²) in [6, 6.07) is 6.22. The van der Waals surface area contributed by atoms with Crippen LogP contribution in [0, 0.1) is 13.8 Å². The second kappa shape index (κ2) is 7.18. The number of aromatic amines is 1. The summed E-state index contributed by atoms with van der Waals surface area (Å²) in [7, 11) is 0. The van der Waals surface area contributed by atoms with Gasteiger partial charge in [-0.15, -0.1) is 0 Å². The number of nitrogens with zero attached hydrogens (tertiary/aromatic N) is 4. The van der Waals surface area contributed by atoms with E-state index in [4.69, 9.17) is 4.98 Å². The number of likely N-dealkylation sites (tertiary alicyclic amines) is 1. The van der Waals surface area contributed by atoms with Crippen molar-refractivity contribution in [1.82, 2.24) is 24.6 Å². The number of benzene rings is 1. The number of nitrogens with one attached hydrogen (secondary N) is 1. The number of aryl methyl sites for hydroxylation is 2. The molecule has 1 aliphatic heterocycles. The largest absolute Gasteiger partial charge is 0.340 e. The Morgan fingerprint density at radius 1 is 1.30 bits per heavy atom. The molecule has 0 bridgehead atoms. The Bertz CT molecular complexity index is 970. The van der Waals surface area contributed by atoms with Gasteiger partial charge in [-0.1, -0.05) is 13.0 Å². The molecule has 6 nitrogen and oxygen atoms in total. The van der Waals surface area contributed by atoms with Gasteiger partial charge in [0.05, 0.1) is 28.8 Å². The second-order valence-electron chi connectivity index (χ2n) is 7.52. The lowest BCUT2D eigenvalue weighted by Gasteiger charge is -2.34. The number of amides is 1. The van der Waals surface area contributed by atoms with Gasteiger partial charge in [0.25, 0.3) is 5.91 Å². The van der Waals surface area contributed by atoms with Gasteiger partial charge in [-0.2, -0.15) is 5.10 Å². The summed E-state index contributed by atoms with van der Waals surface area (Å²) in [5.41, 5.74) is 4.86. The second-order valence-corrected chi connectivity index (χ2v) is 7.52. The maximum absolute atomic E-state index is 13.3. The van der Waals surface area contributed by atoms with Crippen LogP contribution in [0.1, 0.15) is 66.1 Å². The number of fused-ring (bicyclic) bond motifs is 1.